The average Bonchev–Trinajstić information content (AvgIpc) is 2.31. The molecule has 0 radical (unpaired) electrons. The molecule has 118 valence electrons. The Morgan fingerprint density at radius 1 is 1.43 bits per heavy atom. The molecule has 0 heterocycles. The maximum atomic E-state index is 13.0. The number of amides is 2. The molecule has 0 saturated carbocycles. The first kappa shape index (κ1) is 17.1. The number of nitrogens with one attached hydrogen (secondary N) is 2. The van der Waals surface area contributed by atoms with Crippen molar-refractivity contribution in [3.63, 3.8) is 0 Å². The van der Waals surface area contributed by atoms with Crippen LogP contribution in [0.1, 0.15) is 20.3 Å². The maximum absolute atomic E-state index is 13.0. The van der Waals surface area contributed by atoms with Crippen LogP contribution >= 0.6 is 0 Å². The van der Waals surface area contributed by atoms with E-state index >= 15 is 0 Å². The molecule has 0 atom stereocenters. The summed E-state index contributed by atoms with van der Waals surface area (Å²) in [7, 11) is 0. The Labute approximate surface area is 120 Å². The number of ether oxygens (including phenoxy) is 1. The summed E-state index contributed by atoms with van der Waals surface area (Å²) in [5.74, 6) is -1.24. The Balaban J connectivity index is 2.80. The van der Waals surface area contributed by atoms with Gasteiger partial charge in [-0.2, -0.15) is 8.78 Å². The van der Waals surface area contributed by atoms with Crippen molar-refractivity contribution in [2.75, 3.05) is 11.9 Å². The van der Waals surface area contributed by atoms with E-state index < -0.39 is 29.7 Å². The molecular formula is C13H17F3N2O3. The van der Waals surface area contributed by atoms with Gasteiger partial charge in [0.05, 0.1) is 5.69 Å². The van der Waals surface area contributed by atoms with Gasteiger partial charge in [0, 0.05) is 18.2 Å². The summed E-state index contributed by atoms with van der Waals surface area (Å²) in [6.45, 7) is 0.110. The van der Waals surface area contributed by atoms with Crippen molar-refractivity contribution in [2.24, 2.45) is 0 Å². The van der Waals surface area contributed by atoms with E-state index in [1.807, 2.05) is 0 Å². The lowest BCUT2D eigenvalue weighted by atomic mass is 10.0. The Hall–Kier alpha value is -1.96. The van der Waals surface area contributed by atoms with Crippen LogP contribution in [0, 0.1) is 5.82 Å². The summed E-state index contributed by atoms with van der Waals surface area (Å²) < 4.78 is 41.7. The molecule has 1 rings (SSSR count). The largest absolute Gasteiger partial charge is 0.432 e. The fourth-order valence-corrected chi connectivity index (χ4v) is 1.60. The van der Waals surface area contributed by atoms with Crippen molar-refractivity contribution in [1.29, 1.82) is 0 Å². The van der Waals surface area contributed by atoms with Crippen molar-refractivity contribution in [2.45, 2.75) is 32.4 Å². The summed E-state index contributed by atoms with van der Waals surface area (Å²) in [6, 6.07) is 2.19. The number of halogens is 3. The molecule has 21 heavy (non-hydrogen) atoms. The Morgan fingerprint density at radius 3 is 2.67 bits per heavy atom. The molecule has 3 N–H and O–H groups in total. The number of rotatable bonds is 6. The van der Waals surface area contributed by atoms with Crippen LogP contribution in [0.2, 0.25) is 0 Å². The van der Waals surface area contributed by atoms with E-state index in [1.165, 1.54) is 0 Å². The van der Waals surface area contributed by atoms with Crippen LogP contribution in [-0.4, -0.2) is 29.9 Å². The smallest absolute Gasteiger partial charge is 0.387 e. The van der Waals surface area contributed by atoms with Gasteiger partial charge in [-0.05, 0) is 32.4 Å². The van der Waals surface area contributed by atoms with Crippen LogP contribution < -0.4 is 15.4 Å². The summed E-state index contributed by atoms with van der Waals surface area (Å²) in [6.07, 6.45) is 0.310. The highest BCUT2D eigenvalue weighted by molar-refractivity contribution is 5.91. The molecule has 0 fully saturated rings. The number of aliphatic hydroxyl groups excluding tert-OH is 1. The third-order valence-corrected chi connectivity index (χ3v) is 2.60. The monoisotopic (exact) mass is 306 g/mol. The van der Waals surface area contributed by atoms with Gasteiger partial charge in [0.1, 0.15) is 5.82 Å². The van der Waals surface area contributed by atoms with Crippen molar-refractivity contribution < 1.29 is 27.8 Å². The van der Waals surface area contributed by atoms with Crippen LogP contribution in [0.15, 0.2) is 18.2 Å². The van der Waals surface area contributed by atoms with Gasteiger partial charge in [0.15, 0.2) is 5.75 Å². The molecule has 2 amide bonds. The molecule has 5 nitrogen and oxygen atoms in total. The SMILES string of the molecule is CC(C)(CCO)NC(=O)Nc1ccc(F)cc1OC(F)F. The van der Waals surface area contributed by atoms with E-state index in [2.05, 4.69) is 15.4 Å². The second-order valence-corrected chi connectivity index (χ2v) is 4.96. The van der Waals surface area contributed by atoms with Gasteiger partial charge in [-0.25, -0.2) is 9.18 Å². The third kappa shape index (κ3) is 5.90. The van der Waals surface area contributed by atoms with Crippen LogP contribution in [0.4, 0.5) is 23.7 Å². The number of aliphatic hydroxyl groups is 1. The topological polar surface area (TPSA) is 70.6 Å². The fourth-order valence-electron chi connectivity index (χ4n) is 1.60. The predicted molar refractivity (Wildman–Crippen MR) is 71.0 cm³/mol. The van der Waals surface area contributed by atoms with Crippen molar-refractivity contribution in [3.8, 4) is 5.75 Å². The van der Waals surface area contributed by atoms with Gasteiger partial charge in [-0.3, -0.25) is 0 Å². The second-order valence-electron chi connectivity index (χ2n) is 4.96. The number of carbonyl (C=O) groups is 1. The quantitative estimate of drug-likeness (QED) is 0.757. The minimum atomic E-state index is -3.14. The zero-order chi connectivity index (χ0) is 16.0. The summed E-state index contributed by atoms with van der Waals surface area (Å²) in [4.78, 5) is 11.8. The normalized spacial score (nSPS) is 11.4. The fraction of sp³-hybridized carbons (Fsp3) is 0.462. The highest BCUT2D eigenvalue weighted by Gasteiger charge is 2.21. The number of urea groups is 1. The lowest BCUT2D eigenvalue weighted by Crippen LogP contribution is -2.46. The molecule has 0 aromatic heterocycles. The van der Waals surface area contributed by atoms with Crippen LogP contribution in [0.25, 0.3) is 0 Å². The Morgan fingerprint density at radius 2 is 2.10 bits per heavy atom. The van der Waals surface area contributed by atoms with Gasteiger partial charge < -0.3 is 20.5 Å². The first-order valence-electron chi connectivity index (χ1n) is 6.18. The number of hydrogen-bond acceptors (Lipinski definition) is 3. The van der Waals surface area contributed by atoms with Crippen LogP contribution in [0.5, 0.6) is 5.75 Å². The number of carbonyl (C=O) groups excluding carboxylic acids is 1. The minimum Gasteiger partial charge on any atom is -0.432 e. The highest BCUT2D eigenvalue weighted by Crippen LogP contribution is 2.27. The van der Waals surface area contributed by atoms with E-state index in [0.29, 0.717) is 6.42 Å². The summed E-state index contributed by atoms with van der Waals surface area (Å²) in [5, 5.41) is 13.7. The summed E-state index contributed by atoms with van der Waals surface area (Å²) in [5.41, 5.74) is -0.781. The van der Waals surface area contributed by atoms with Crippen molar-refractivity contribution in [1.82, 2.24) is 5.32 Å². The zero-order valence-electron chi connectivity index (χ0n) is 11.6. The van der Waals surface area contributed by atoms with E-state index in [0.717, 1.165) is 18.2 Å². The lowest BCUT2D eigenvalue weighted by molar-refractivity contribution is -0.0495. The molecule has 0 spiro atoms. The third-order valence-electron chi connectivity index (χ3n) is 2.60. The molecule has 8 heteroatoms. The molecule has 0 saturated heterocycles. The van der Waals surface area contributed by atoms with Gasteiger partial charge >= 0.3 is 12.6 Å². The highest BCUT2D eigenvalue weighted by atomic mass is 19.3. The molecule has 0 bridgehead atoms. The first-order chi connectivity index (χ1) is 9.73. The second kappa shape index (κ2) is 7.16. The molecule has 0 aliphatic heterocycles. The molecule has 1 aromatic rings. The molecule has 1 aromatic carbocycles. The van der Waals surface area contributed by atoms with Crippen molar-refractivity contribution >= 4 is 11.7 Å². The van der Waals surface area contributed by atoms with Crippen LogP contribution in [-0.2, 0) is 0 Å². The molecular weight excluding hydrogens is 289 g/mol. The van der Waals surface area contributed by atoms with Gasteiger partial charge in [0.2, 0.25) is 0 Å². The average molecular weight is 306 g/mol. The van der Waals surface area contributed by atoms with E-state index in [9.17, 15) is 18.0 Å². The molecule has 0 unspecified atom stereocenters. The lowest BCUT2D eigenvalue weighted by Gasteiger charge is -2.25. The standard InChI is InChI=1S/C13H17F3N2O3/c1-13(2,5-6-19)18-12(20)17-9-4-3-8(14)7-10(9)21-11(15)16/h3-4,7,11,19H,5-6H2,1-2H3,(H2,17,18,20). The molecule has 0 aliphatic carbocycles. The number of anilines is 1. The number of benzene rings is 1. The van der Waals surface area contributed by atoms with E-state index in [4.69, 9.17) is 5.11 Å². The molecule has 0 aliphatic rings. The van der Waals surface area contributed by atoms with Gasteiger partial charge in [-0.15, -0.1) is 0 Å². The zero-order valence-corrected chi connectivity index (χ0v) is 11.6. The van der Waals surface area contributed by atoms with Crippen molar-refractivity contribution in [3.05, 3.63) is 24.0 Å². The van der Waals surface area contributed by atoms with E-state index in [1.54, 1.807) is 13.8 Å². The predicted octanol–water partition coefficient (Wildman–Crippen LogP) is 2.71. The Kier molecular flexibility index (Phi) is 5.83. The minimum absolute atomic E-state index is 0.0889. The number of hydrogen-bond donors (Lipinski definition) is 3. The Bertz CT molecular complexity index is 496. The first-order valence-corrected chi connectivity index (χ1v) is 6.18. The van der Waals surface area contributed by atoms with Gasteiger partial charge in [0.25, 0.3) is 0 Å². The maximum Gasteiger partial charge on any atom is 0.387 e. The van der Waals surface area contributed by atoms with E-state index in [-0.39, 0.29) is 12.3 Å². The summed E-state index contributed by atoms with van der Waals surface area (Å²) >= 11 is 0. The van der Waals surface area contributed by atoms with Gasteiger partial charge in [-0.1, -0.05) is 0 Å². The number of alkyl halides is 2. The van der Waals surface area contributed by atoms with Crippen LogP contribution in [0.3, 0.4) is 0 Å².